The summed E-state index contributed by atoms with van der Waals surface area (Å²) in [6.45, 7) is 1.55. The average Bonchev–Trinajstić information content (AvgIpc) is 2.32. The summed E-state index contributed by atoms with van der Waals surface area (Å²) in [5, 5.41) is 8.83. The summed E-state index contributed by atoms with van der Waals surface area (Å²) in [4.78, 5) is 13.4. The molecule has 0 spiro atoms. The van der Waals surface area contributed by atoms with E-state index in [1.807, 2.05) is 0 Å². The summed E-state index contributed by atoms with van der Waals surface area (Å²) in [5.41, 5.74) is 0.312. The third-order valence-electron chi connectivity index (χ3n) is 1.98. The van der Waals surface area contributed by atoms with Gasteiger partial charge < -0.3 is 0 Å². The Bertz CT molecular complexity index is 621. The maximum atomic E-state index is 12.9. The molecule has 0 aliphatic carbocycles. The maximum Gasteiger partial charge on any atom is 0.309 e. The predicted molar refractivity (Wildman–Crippen MR) is 51.3 cm³/mol. The van der Waals surface area contributed by atoms with E-state index in [2.05, 4.69) is 26.1 Å². The Morgan fingerprint density at radius 3 is 2.65 bits per heavy atom. The number of hydrogen-bond donors (Lipinski definition) is 0. The van der Waals surface area contributed by atoms with Gasteiger partial charge in [-0.05, 0) is 6.92 Å². The highest BCUT2D eigenvalue weighted by Crippen LogP contribution is 2.21. The van der Waals surface area contributed by atoms with Crippen molar-refractivity contribution in [2.75, 3.05) is 0 Å². The zero-order chi connectivity index (χ0) is 12.4. The average molecular weight is 232 g/mol. The van der Waals surface area contributed by atoms with Crippen LogP contribution in [0.25, 0.3) is 11.4 Å². The predicted octanol–water partition coefficient (Wildman–Crippen LogP) is 1.19. The van der Waals surface area contributed by atoms with Crippen LogP contribution in [0.4, 0.5) is 8.78 Å². The van der Waals surface area contributed by atoms with Gasteiger partial charge in [0.25, 0.3) is 0 Å². The van der Waals surface area contributed by atoms with Crippen LogP contribution in [0.1, 0.15) is 11.1 Å². The number of nitrogens with zero attached hydrogens (tertiary/aromatic N) is 5. The van der Waals surface area contributed by atoms with E-state index in [0.29, 0.717) is 5.56 Å². The van der Waals surface area contributed by atoms with Crippen molar-refractivity contribution in [2.45, 2.75) is 6.92 Å². The van der Waals surface area contributed by atoms with Crippen LogP contribution in [0.2, 0.25) is 0 Å². The van der Waals surface area contributed by atoms with Crippen LogP contribution in [0.15, 0.2) is 6.20 Å². The molecule has 2 aromatic rings. The molecule has 0 saturated carbocycles. The third-order valence-corrected chi connectivity index (χ3v) is 1.98. The number of hydrogen-bond acceptors (Lipinski definition) is 5. The lowest BCUT2D eigenvalue weighted by Crippen LogP contribution is -2.02. The van der Waals surface area contributed by atoms with Crippen LogP contribution in [0.5, 0.6) is 0 Å². The molecule has 0 aromatic carbocycles. The van der Waals surface area contributed by atoms with Crippen molar-refractivity contribution in [3.8, 4) is 17.5 Å². The summed E-state index contributed by atoms with van der Waals surface area (Å²) in [7, 11) is 0. The maximum absolute atomic E-state index is 12.9. The minimum atomic E-state index is -1.02. The lowest BCUT2D eigenvalue weighted by molar-refractivity contribution is 0.531. The van der Waals surface area contributed by atoms with E-state index in [1.165, 1.54) is 0 Å². The molecule has 17 heavy (non-hydrogen) atoms. The van der Waals surface area contributed by atoms with Crippen LogP contribution < -0.4 is 0 Å². The molecule has 83 valence electrons. The highest BCUT2D eigenvalue weighted by atomic mass is 19.1. The quantitative estimate of drug-likeness (QED) is 0.690. The first-order valence-electron chi connectivity index (χ1n) is 4.46. The van der Waals surface area contributed by atoms with Crippen molar-refractivity contribution < 1.29 is 8.78 Å². The minimum Gasteiger partial charge on any atom is -0.209 e. The van der Waals surface area contributed by atoms with E-state index in [9.17, 15) is 8.78 Å². The summed E-state index contributed by atoms with van der Waals surface area (Å²) in [6.07, 6.45) is 1.33. The number of aryl methyl sites for hydroxylation is 1. The van der Waals surface area contributed by atoms with Crippen molar-refractivity contribution in [1.29, 1.82) is 5.26 Å². The topological polar surface area (TPSA) is 75.3 Å². The molecular weight excluding hydrogens is 228 g/mol. The Morgan fingerprint density at radius 1 is 1.24 bits per heavy atom. The first-order chi connectivity index (χ1) is 8.11. The molecule has 0 atom stereocenters. The SMILES string of the molecule is Cc1[c]nc(F)nc1-c1nc(F)ncc1C#N. The summed E-state index contributed by atoms with van der Waals surface area (Å²) in [5.74, 6) is 0. The second kappa shape index (κ2) is 4.17. The molecule has 5 nitrogen and oxygen atoms in total. The van der Waals surface area contributed by atoms with Gasteiger partial charge in [0.15, 0.2) is 0 Å². The van der Waals surface area contributed by atoms with Crippen LogP contribution in [0, 0.1) is 36.6 Å². The van der Waals surface area contributed by atoms with Gasteiger partial charge in [0.2, 0.25) is 0 Å². The molecule has 0 saturated heterocycles. The number of rotatable bonds is 1. The first kappa shape index (κ1) is 11.0. The summed E-state index contributed by atoms with van der Waals surface area (Å²) >= 11 is 0. The monoisotopic (exact) mass is 232 g/mol. The Labute approximate surface area is 94.8 Å². The van der Waals surface area contributed by atoms with Crippen molar-refractivity contribution >= 4 is 0 Å². The van der Waals surface area contributed by atoms with E-state index in [-0.39, 0.29) is 17.0 Å². The van der Waals surface area contributed by atoms with Gasteiger partial charge in [-0.3, -0.25) is 0 Å². The molecule has 2 aromatic heterocycles. The molecule has 0 aliphatic heterocycles. The Balaban J connectivity index is 2.72. The Kier molecular flexibility index (Phi) is 2.70. The van der Waals surface area contributed by atoms with E-state index in [0.717, 1.165) is 6.20 Å². The van der Waals surface area contributed by atoms with Gasteiger partial charge in [0, 0.05) is 5.56 Å². The van der Waals surface area contributed by atoms with E-state index in [1.54, 1.807) is 13.0 Å². The number of aromatic nitrogens is 4. The summed E-state index contributed by atoms with van der Waals surface area (Å²) in [6, 6.07) is 1.78. The van der Waals surface area contributed by atoms with Gasteiger partial charge in [-0.15, -0.1) is 0 Å². The van der Waals surface area contributed by atoms with Gasteiger partial charge in [-0.25, -0.2) is 15.0 Å². The molecule has 0 amide bonds. The van der Waals surface area contributed by atoms with Crippen molar-refractivity contribution in [2.24, 2.45) is 0 Å². The fourth-order valence-electron chi connectivity index (χ4n) is 1.24. The highest BCUT2D eigenvalue weighted by Gasteiger charge is 2.14. The van der Waals surface area contributed by atoms with Crippen molar-refractivity contribution in [3.63, 3.8) is 0 Å². The molecule has 2 rings (SSSR count). The van der Waals surface area contributed by atoms with Crippen molar-refractivity contribution in [3.05, 3.63) is 35.7 Å². The van der Waals surface area contributed by atoms with Crippen LogP contribution in [0.3, 0.4) is 0 Å². The largest absolute Gasteiger partial charge is 0.309 e. The normalized spacial score (nSPS) is 10.0. The van der Waals surface area contributed by atoms with Crippen LogP contribution in [-0.4, -0.2) is 19.9 Å². The van der Waals surface area contributed by atoms with Crippen LogP contribution in [-0.2, 0) is 0 Å². The lowest BCUT2D eigenvalue weighted by atomic mass is 10.1. The fourth-order valence-corrected chi connectivity index (χ4v) is 1.24. The van der Waals surface area contributed by atoms with Gasteiger partial charge in [-0.2, -0.15) is 19.0 Å². The smallest absolute Gasteiger partial charge is 0.209 e. The van der Waals surface area contributed by atoms with Gasteiger partial charge >= 0.3 is 12.2 Å². The van der Waals surface area contributed by atoms with Crippen LogP contribution >= 0.6 is 0 Å². The van der Waals surface area contributed by atoms with Crippen molar-refractivity contribution in [1.82, 2.24) is 19.9 Å². The van der Waals surface area contributed by atoms with E-state index < -0.39 is 12.2 Å². The molecular formula is C10H4F2N5. The van der Waals surface area contributed by atoms with Gasteiger partial charge in [0.1, 0.15) is 17.5 Å². The Hall–Kier alpha value is -2.49. The molecule has 0 N–H and O–H groups in total. The van der Waals surface area contributed by atoms with Gasteiger partial charge in [0.05, 0.1) is 18.0 Å². The highest BCUT2D eigenvalue weighted by molar-refractivity contribution is 5.64. The van der Waals surface area contributed by atoms with Gasteiger partial charge in [-0.1, -0.05) is 0 Å². The molecule has 0 aliphatic rings. The minimum absolute atomic E-state index is 0.000926. The zero-order valence-electron chi connectivity index (χ0n) is 8.57. The third kappa shape index (κ3) is 2.06. The first-order valence-corrected chi connectivity index (χ1v) is 4.46. The molecule has 0 unspecified atom stereocenters. The molecule has 1 radical (unpaired) electrons. The Morgan fingerprint density at radius 2 is 1.94 bits per heavy atom. The second-order valence-electron chi connectivity index (χ2n) is 3.09. The fraction of sp³-hybridized carbons (Fsp3) is 0.100. The molecule has 0 bridgehead atoms. The van der Waals surface area contributed by atoms with E-state index >= 15 is 0 Å². The number of halogens is 2. The molecule has 7 heteroatoms. The summed E-state index contributed by atoms with van der Waals surface area (Å²) < 4.78 is 25.8. The molecule has 2 heterocycles. The molecule has 0 fully saturated rings. The number of nitriles is 1. The zero-order valence-corrected chi connectivity index (χ0v) is 8.57. The standard InChI is InChI=1S/C10H4F2N5/c1-5-3-14-9(11)16-7(5)8-6(2-13)4-15-10(12)17-8/h4H,1H3. The lowest BCUT2D eigenvalue weighted by Gasteiger charge is -2.04. The second-order valence-corrected chi connectivity index (χ2v) is 3.09. The van der Waals surface area contributed by atoms with E-state index in [4.69, 9.17) is 5.26 Å².